The molecule has 0 saturated carbocycles. The Morgan fingerprint density at radius 3 is 2.56 bits per heavy atom. The molecule has 0 fully saturated rings. The van der Waals surface area contributed by atoms with Crippen molar-refractivity contribution in [1.82, 2.24) is 0 Å². The first-order valence-electron chi connectivity index (χ1n) is 5.55. The molecule has 18 heavy (non-hydrogen) atoms. The third kappa shape index (κ3) is 3.48. The Labute approximate surface area is 120 Å². The van der Waals surface area contributed by atoms with Crippen molar-refractivity contribution in [3.8, 4) is 5.75 Å². The molecule has 2 aromatic rings. The summed E-state index contributed by atoms with van der Waals surface area (Å²) in [7, 11) is 0. The third-order valence-corrected chi connectivity index (χ3v) is 3.39. The standard InChI is InChI=1S/C14H13BrClNO/c15-12-8-11(16)6-7-14(12)18-9-13(17)10-4-2-1-3-5-10/h1-8,13H,9,17H2. The molecule has 2 N–H and O–H groups in total. The van der Waals surface area contributed by atoms with Crippen LogP contribution in [0.1, 0.15) is 11.6 Å². The van der Waals surface area contributed by atoms with E-state index in [4.69, 9.17) is 22.1 Å². The first-order valence-corrected chi connectivity index (χ1v) is 6.72. The molecule has 1 atom stereocenters. The van der Waals surface area contributed by atoms with E-state index in [1.54, 1.807) is 12.1 Å². The van der Waals surface area contributed by atoms with Gasteiger partial charge < -0.3 is 10.5 Å². The van der Waals surface area contributed by atoms with Gasteiger partial charge in [-0.3, -0.25) is 0 Å². The zero-order valence-electron chi connectivity index (χ0n) is 9.64. The average Bonchev–Trinajstić information content (AvgIpc) is 2.38. The summed E-state index contributed by atoms with van der Waals surface area (Å²) in [5.74, 6) is 0.741. The van der Waals surface area contributed by atoms with Gasteiger partial charge in [0, 0.05) is 5.02 Å². The highest BCUT2D eigenvalue weighted by molar-refractivity contribution is 9.10. The number of hydrogen-bond donors (Lipinski definition) is 1. The normalized spacial score (nSPS) is 12.2. The first kappa shape index (κ1) is 13.4. The molecule has 1 unspecified atom stereocenters. The number of halogens is 2. The second-order valence-corrected chi connectivity index (χ2v) is 5.19. The van der Waals surface area contributed by atoms with E-state index in [9.17, 15) is 0 Å². The maximum absolute atomic E-state index is 6.06. The number of ether oxygens (including phenoxy) is 1. The quantitative estimate of drug-likeness (QED) is 0.914. The molecule has 0 aliphatic carbocycles. The Morgan fingerprint density at radius 1 is 1.17 bits per heavy atom. The minimum Gasteiger partial charge on any atom is -0.490 e. The summed E-state index contributed by atoms with van der Waals surface area (Å²) in [6.07, 6.45) is 0. The smallest absolute Gasteiger partial charge is 0.133 e. The van der Waals surface area contributed by atoms with E-state index in [1.165, 1.54) is 0 Å². The zero-order valence-corrected chi connectivity index (χ0v) is 12.0. The van der Waals surface area contributed by atoms with Gasteiger partial charge in [0.2, 0.25) is 0 Å². The molecule has 0 spiro atoms. The fourth-order valence-electron chi connectivity index (χ4n) is 1.57. The van der Waals surface area contributed by atoms with E-state index in [1.807, 2.05) is 36.4 Å². The summed E-state index contributed by atoms with van der Waals surface area (Å²) in [5, 5.41) is 0.668. The Bertz CT molecular complexity index is 518. The van der Waals surface area contributed by atoms with Crippen LogP contribution < -0.4 is 10.5 Å². The molecule has 0 saturated heterocycles. The predicted molar refractivity (Wildman–Crippen MR) is 78.0 cm³/mol. The maximum atomic E-state index is 6.06. The highest BCUT2D eigenvalue weighted by atomic mass is 79.9. The van der Waals surface area contributed by atoms with Crippen molar-refractivity contribution in [1.29, 1.82) is 0 Å². The summed E-state index contributed by atoms with van der Waals surface area (Å²) in [6, 6.07) is 15.1. The lowest BCUT2D eigenvalue weighted by Crippen LogP contribution is -2.18. The summed E-state index contributed by atoms with van der Waals surface area (Å²) in [4.78, 5) is 0. The SMILES string of the molecule is NC(COc1ccc(Cl)cc1Br)c1ccccc1. The van der Waals surface area contributed by atoms with Crippen LogP contribution in [0.3, 0.4) is 0 Å². The van der Waals surface area contributed by atoms with Crippen molar-refractivity contribution >= 4 is 27.5 Å². The van der Waals surface area contributed by atoms with Gasteiger partial charge in [-0.05, 0) is 39.7 Å². The van der Waals surface area contributed by atoms with Crippen molar-refractivity contribution in [3.63, 3.8) is 0 Å². The third-order valence-electron chi connectivity index (χ3n) is 2.54. The number of rotatable bonds is 4. The second-order valence-electron chi connectivity index (χ2n) is 3.90. The summed E-state index contributed by atoms with van der Waals surface area (Å²) < 4.78 is 6.51. The largest absolute Gasteiger partial charge is 0.490 e. The van der Waals surface area contributed by atoms with E-state index in [0.29, 0.717) is 11.6 Å². The first-order chi connectivity index (χ1) is 8.66. The average molecular weight is 327 g/mol. The van der Waals surface area contributed by atoms with Gasteiger partial charge in [0.05, 0.1) is 10.5 Å². The van der Waals surface area contributed by atoms with Gasteiger partial charge in [-0.2, -0.15) is 0 Å². The van der Waals surface area contributed by atoms with Crippen LogP contribution in [0.15, 0.2) is 53.0 Å². The van der Waals surface area contributed by atoms with Gasteiger partial charge in [-0.1, -0.05) is 41.9 Å². The second kappa shape index (κ2) is 6.23. The lowest BCUT2D eigenvalue weighted by atomic mass is 10.1. The molecule has 0 radical (unpaired) electrons. The van der Waals surface area contributed by atoms with Gasteiger partial charge in [0.1, 0.15) is 12.4 Å². The number of nitrogens with two attached hydrogens (primary N) is 1. The van der Waals surface area contributed by atoms with Crippen LogP contribution in [0.25, 0.3) is 0 Å². The topological polar surface area (TPSA) is 35.2 Å². The minimum atomic E-state index is -0.145. The lowest BCUT2D eigenvalue weighted by molar-refractivity contribution is 0.289. The van der Waals surface area contributed by atoms with Crippen LogP contribution >= 0.6 is 27.5 Å². The molecule has 0 bridgehead atoms. The van der Waals surface area contributed by atoms with Crippen LogP contribution in [0.4, 0.5) is 0 Å². The highest BCUT2D eigenvalue weighted by Gasteiger charge is 2.08. The molecule has 0 heterocycles. The van der Waals surface area contributed by atoms with Gasteiger partial charge in [-0.25, -0.2) is 0 Å². The van der Waals surface area contributed by atoms with E-state index in [0.717, 1.165) is 15.8 Å². The Balaban J connectivity index is 1.99. The van der Waals surface area contributed by atoms with Crippen LogP contribution in [0.5, 0.6) is 5.75 Å². The van der Waals surface area contributed by atoms with Crippen LogP contribution in [-0.4, -0.2) is 6.61 Å². The zero-order chi connectivity index (χ0) is 13.0. The Kier molecular flexibility index (Phi) is 4.64. The minimum absolute atomic E-state index is 0.145. The van der Waals surface area contributed by atoms with Gasteiger partial charge in [0.15, 0.2) is 0 Å². The fourth-order valence-corrected chi connectivity index (χ4v) is 2.37. The summed E-state index contributed by atoms with van der Waals surface area (Å²) in [5.41, 5.74) is 7.11. The number of hydrogen-bond acceptors (Lipinski definition) is 2. The fraction of sp³-hybridized carbons (Fsp3) is 0.143. The molecular weight excluding hydrogens is 314 g/mol. The van der Waals surface area contributed by atoms with Crippen molar-refractivity contribution < 1.29 is 4.74 Å². The van der Waals surface area contributed by atoms with E-state index in [2.05, 4.69) is 15.9 Å². The molecule has 0 aliphatic heterocycles. The molecule has 2 aromatic carbocycles. The lowest BCUT2D eigenvalue weighted by Gasteiger charge is -2.14. The van der Waals surface area contributed by atoms with E-state index < -0.39 is 0 Å². The van der Waals surface area contributed by atoms with Gasteiger partial charge in [-0.15, -0.1) is 0 Å². The van der Waals surface area contributed by atoms with E-state index in [-0.39, 0.29) is 6.04 Å². The molecule has 94 valence electrons. The van der Waals surface area contributed by atoms with Crippen molar-refractivity contribution in [2.24, 2.45) is 5.73 Å². The summed E-state index contributed by atoms with van der Waals surface area (Å²) in [6.45, 7) is 0.421. The molecule has 0 amide bonds. The molecule has 2 rings (SSSR count). The van der Waals surface area contributed by atoms with Crippen molar-refractivity contribution in [2.45, 2.75) is 6.04 Å². The van der Waals surface area contributed by atoms with Gasteiger partial charge >= 0.3 is 0 Å². The van der Waals surface area contributed by atoms with Crippen molar-refractivity contribution in [2.75, 3.05) is 6.61 Å². The Hall–Kier alpha value is -1.03. The van der Waals surface area contributed by atoms with E-state index >= 15 is 0 Å². The van der Waals surface area contributed by atoms with Crippen molar-refractivity contribution in [3.05, 3.63) is 63.6 Å². The Morgan fingerprint density at radius 2 is 1.89 bits per heavy atom. The monoisotopic (exact) mass is 325 g/mol. The van der Waals surface area contributed by atoms with Crippen LogP contribution in [-0.2, 0) is 0 Å². The predicted octanol–water partition coefficient (Wildman–Crippen LogP) is 4.18. The molecule has 4 heteroatoms. The molecule has 2 nitrogen and oxygen atoms in total. The molecule has 0 aromatic heterocycles. The van der Waals surface area contributed by atoms with Gasteiger partial charge in [0.25, 0.3) is 0 Å². The number of benzene rings is 2. The van der Waals surface area contributed by atoms with Crippen LogP contribution in [0.2, 0.25) is 5.02 Å². The highest BCUT2D eigenvalue weighted by Crippen LogP contribution is 2.28. The van der Waals surface area contributed by atoms with Crippen LogP contribution in [0, 0.1) is 0 Å². The molecular formula is C14H13BrClNO. The molecule has 0 aliphatic rings. The maximum Gasteiger partial charge on any atom is 0.133 e. The summed E-state index contributed by atoms with van der Waals surface area (Å²) >= 11 is 9.27.